The molecule has 0 amide bonds. The lowest BCUT2D eigenvalue weighted by molar-refractivity contribution is 0.0601. The zero-order valence-electron chi connectivity index (χ0n) is 12.7. The minimum Gasteiger partial charge on any atom is -0.465 e. The molecule has 1 aromatic rings. The van der Waals surface area contributed by atoms with Gasteiger partial charge in [0.2, 0.25) is 0 Å². The van der Waals surface area contributed by atoms with Gasteiger partial charge in [-0.1, -0.05) is 13.0 Å². The minimum atomic E-state index is -0.293. The van der Waals surface area contributed by atoms with Crippen molar-refractivity contribution in [2.24, 2.45) is 5.92 Å². The SMILES string of the molecule is COC(=O)c1cccc(NC2CC(C)N(C)CC2C)c1. The Balaban J connectivity index is 2.08. The highest BCUT2D eigenvalue weighted by molar-refractivity contribution is 5.90. The number of nitrogens with one attached hydrogen (secondary N) is 1. The van der Waals surface area contributed by atoms with Gasteiger partial charge in [0.05, 0.1) is 12.7 Å². The Labute approximate surface area is 121 Å². The largest absolute Gasteiger partial charge is 0.465 e. The monoisotopic (exact) mass is 276 g/mol. The number of benzene rings is 1. The number of nitrogens with zero attached hydrogens (tertiary/aromatic N) is 1. The molecule has 0 aromatic heterocycles. The number of carbonyl (C=O) groups is 1. The highest BCUT2D eigenvalue weighted by atomic mass is 16.5. The molecule has 1 aromatic carbocycles. The van der Waals surface area contributed by atoms with Gasteiger partial charge in [0.15, 0.2) is 0 Å². The van der Waals surface area contributed by atoms with E-state index in [2.05, 4.69) is 31.1 Å². The zero-order valence-corrected chi connectivity index (χ0v) is 12.7. The van der Waals surface area contributed by atoms with E-state index in [4.69, 9.17) is 4.74 Å². The molecule has 0 spiro atoms. The molecule has 20 heavy (non-hydrogen) atoms. The fourth-order valence-corrected chi connectivity index (χ4v) is 2.81. The number of carbonyl (C=O) groups excluding carboxylic acids is 1. The first-order valence-corrected chi connectivity index (χ1v) is 7.16. The van der Waals surface area contributed by atoms with Gasteiger partial charge < -0.3 is 15.0 Å². The van der Waals surface area contributed by atoms with Gasteiger partial charge in [-0.3, -0.25) is 0 Å². The minimum absolute atomic E-state index is 0.293. The molecule has 1 fully saturated rings. The summed E-state index contributed by atoms with van der Waals surface area (Å²) in [5.74, 6) is 0.288. The Bertz CT molecular complexity index is 475. The van der Waals surface area contributed by atoms with Gasteiger partial charge in [-0.25, -0.2) is 4.79 Å². The van der Waals surface area contributed by atoms with E-state index in [0.29, 0.717) is 23.6 Å². The van der Waals surface area contributed by atoms with E-state index in [1.54, 1.807) is 6.07 Å². The van der Waals surface area contributed by atoms with E-state index in [0.717, 1.165) is 18.7 Å². The number of esters is 1. The number of methoxy groups -OCH3 is 1. The molecule has 1 aliphatic heterocycles. The predicted molar refractivity (Wildman–Crippen MR) is 81.1 cm³/mol. The number of hydrogen-bond donors (Lipinski definition) is 1. The van der Waals surface area contributed by atoms with Gasteiger partial charge in [0, 0.05) is 24.3 Å². The van der Waals surface area contributed by atoms with E-state index in [1.807, 2.05) is 18.2 Å². The van der Waals surface area contributed by atoms with E-state index >= 15 is 0 Å². The normalized spacial score (nSPS) is 27.1. The van der Waals surface area contributed by atoms with Crippen LogP contribution in [0.2, 0.25) is 0 Å². The molecule has 0 bridgehead atoms. The maximum atomic E-state index is 11.6. The molecule has 110 valence electrons. The van der Waals surface area contributed by atoms with E-state index in [9.17, 15) is 4.79 Å². The fourth-order valence-electron chi connectivity index (χ4n) is 2.81. The first-order valence-electron chi connectivity index (χ1n) is 7.16. The topological polar surface area (TPSA) is 41.6 Å². The van der Waals surface area contributed by atoms with Crippen LogP contribution in [-0.4, -0.2) is 43.7 Å². The third-order valence-corrected chi connectivity index (χ3v) is 4.25. The van der Waals surface area contributed by atoms with E-state index in [-0.39, 0.29) is 5.97 Å². The second-order valence-electron chi connectivity index (χ2n) is 5.82. The van der Waals surface area contributed by atoms with Crippen molar-refractivity contribution in [2.75, 3.05) is 26.0 Å². The van der Waals surface area contributed by atoms with Crippen LogP contribution >= 0.6 is 0 Å². The number of rotatable bonds is 3. The molecule has 1 heterocycles. The molecular formula is C16H24N2O2. The molecule has 4 nitrogen and oxygen atoms in total. The van der Waals surface area contributed by atoms with E-state index in [1.165, 1.54) is 7.11 Å². The molecule has 4 heteroatoms. The van der Waals surface area contributed by atoms with Crippen molar-refractivity contribution >= 4 is 11.7 Å². The fraction of sp³-hybridized carbons (Fsp3) is 0.562. The molecular weight excluding hydrogens is 252 g/mol. The molecule has 3 atom stereocenters. The Kier molecular flexibility index (Phi) is 4.65. The number of likely N-dealkylation sites (tertiary alicyclic amines) is 1. The van der Waals surface area contributed by atoms with Crippen LogP contribution in [0.25, 0.3) is 0 Å². The Morgan fingerprint density at radius 3 is 2.85 bits per heavy atom. The van der Waals surface area contributed by atoms with Crippen LogP contribution in [0, 0.1) is 5.92 Å². The average Bonchev–Trinajstić information content (AvgIpc) is 2.44. The van der Waals surface area contributed by atoms with Crippen LogP contribution in [0.3, 0.4) is 0 Å². The van der Waals surface area contributed by atoms with Gasteiger partial charge in [0.1, 0.15) is 0 Å². The summed E-state index contributed by atoms with van der Waals surface area (Å²) < 4.78 is 4.76. The molecule has 0 aliphatic carbocycles. The summed E-state index contributed by atoms with van der Waals surface area (Å²) in [7, 11) is 3.58. The second-order valence-corrected chi connectivity index (χ2v) is 5.82. The summed E-state index contributed by atoms with van der Waals surface area (Å²) in [5.41, 5.74) is 1.58. The summed E-state index contributed by atoms with van der Waals surface area (Å²) in [6, 6.07) is 8.54. The third kappa shape index (κ3) is 3.31. The van der Waals surface area contributed by atoms with Crippen LogP contribution < -0.4 is 5.32 Å². The summed E-state index contributed by atoms with van der Waals surface area (Å²) >= 11 is 0. The number of hydrogen-bond acceptors (Lipinski definition) is 4. The van der Waals surface area contributed by atoms with Gasteiger partial charge in [-0.05, 0) is 44.5 Å². The lowest BCUT2D eigenvalue weighted by Crippen LogP contribution is -2.48. The molecule has 3 unspecified atom stereocenters. The highest BCUT2D eigenvalue weighted by Gasteiger charge is 2.28. The quantitative estimate of drug-likeness (QED) is 0.862. The first kappa shape index (κ1) is 14.9. The molecule has 1 aliphatic rings. The second kappa shape index (κ2) is 6.27. The van der Waals surface area contributed by atoms with Crippen LogP contribution in [0.15, 0.2) is 24.3 Å². The smallest absolute Gasteiger partial charge is 0.337 e. The summed E-state index contributed by atoms with van der Waals surface area (Å²) in [6.07, 6.45) is 1.11. The van der Waals surface area contributed by atoms with Crippen LogP contribution in [0.1, 0.15) is 30.6 Å². The molecule has 1 saturated heterocycles. The van der Waals surface area contributed by atoms with E-state index < -0.39 is 0 Å². The standard InChI is InChI=1S/C16H24N2O2/c1-11-10-18(3)12(2)8-15(11)17-14-7-5-6-13(9-14)16(19)20-4/h5-7,9,11-12,15,17H,8,10H2,1-4H3. The van der Waals surface area contributed by atoms with Crippen molar-refractivity contribution < 1.29 is 9.53 Å². The Hall–Kier alpha value is -1.55. The van der Waals surface area contributed by atoms with Crippen LogP contribution in [0.5, 0.6) is 0 Å². The molecule has 0 saturated carbocycles. The lowest BCUT2D eigenvalue weighted by Gasteiger charge is -2.40. The number of piperidine rings is 1. The number of ether oxygens (including phenoxy) is 1. The van der Waals surface area contributed by atoms with Crippen molar-refractivity contribution in [3.05, 3.63) is 29.8 Å². The Morgan fingerprint density at radius 2 is 2.15 bits per heavy atom. The summed E-state index contributed by atoms with van der Waals surface area (Å²) in [4.78, 5) is 14.0. The van der Waals surface area contributed by atoms with Crippen molar-refractivity contribution in [3.63, 3.8) is 0 Å². The van der Waals surface area contributed by atoms with Crippen molar-refractivity contribution in [1.82, 2.24) is 4.90 Å². The number of anilines is 1. The maximum absolute atomic E-state index is 11.6. The predicted octanol–water partition coefficient (Wildman–Crippen LogP) is 2.61. The first-order chi connectivity index (χ1) is 9.51. The molecule has 1 N–H and O–H groups in total. The molecule has 0 radical (unpaired) electrons. The van der Waals surface area contributed by atoms with Gasteiger partial charge in [-0.2, -0.15) is 0 Å². The van der Waals surface area contributed by atoms with Gasteiger partial charge >= 0.3 is 5.97 Å². The average molecular weight is 276 g/mol. The lowest BCUT2D eigenvalue weighted by atomic mass is 9.89. The maximum Gasteiger partial charge on any atom is 0.337 e. The highest BCUT2D eigenvalue weighted by Crippen LogP contribution is 2.24. The summed E-state index contributed by atoms with van der Waals surface area (Å²) in [6.45, 7) is 5.62. The van der Waals surface area contributed by atoms with Crippen LogP contribution in [0.4, 0.5) is 5.69 Å². The zero-order chi connectivity index (χ0) is 14.7. The molecule has 2 rings (SSSR count). The summed E-state index contributed by atoms with van der Waals surface area (Å²) in [5, 5.41) is 3.57. The van der Waals surface area contributed by atoms with Crippen molar-refractivity contribution in [2.45, 2.75) is 32.4 Å². The van der Waals surface area contributed by atoms with Gasteiger partial charge in [0.25, 0.3) is 0 Å². The van der Waals surface area contributed by atoms with Crippen molar-refractivity contribution in [3.8, 4) is 0 Å². The van der Waals surface area contributed by atoms with Crippen LogP contribution in [-0.2, 0) is 4.74 Å². The Morgan fingerprint density at radius 1 is 1.40 bits per heavy atom. The van der Waals surface area contributed by atoms with Gasteiger partial charge in [-0.15, -0.1) is 0 Å². The third-order valence-electron chi connectivity index (χ3n) is 4.25. The van der Waals surface area contributed by atoms with Crippen molar-refractivity contribution in [1.29, 1.82) is 0 Å².